The molecule has 1 atom stereocenters. The summed E-state index contributed by atoms with van der Waals surface area (Å²) in [6.45, 7) is 1.48. The predicted octanol–water partition coefficient (Wildman–Crippen LogP) is 4.57. The Bertz CT molecular complexity index is 1220. The lowest BCUT2D eigenvalue weighted by Gasteiger charge is -2.13. The van der Waals surface area contributed by atoms with Crippen LogP contribution in [0.15, 0.2) is 72.8 Å². The molecule has 0 fully saturated rings. The highest BCUT2D eigenvalue weighted by atomic mass is 35.5. The van der Waals surface area contributed by atoms with Gasteiger partial charge in [-0.2, -0.15) is 0 Å². The molecule has 154 valence electrons. The number of ether oxygens (including phenoxy) is 1. The molecule has 0 radical (unpaired) electrons. The number of rotatable bonds is 5. The normalized spacial score (nSPS) is 13.7. The lowest BCUT2D eigenvalue weighted by atomic mass is 10.1. The summed E-state index contributed by atoms with van der Waals surface area (Å²) in [7, 11) is 0. The Morgan fingerprint density at radius 2 is 1.55 bits per heavy atom. The maximum atomic E-state index is 12.9. The maximum absolute atomic E-state index is 12.9. The number of fused-ring (bicyclic) bond motifs is 1. The third kappa shape index (κ3) is 3.85. The van der Waals surface area contributed by atoms with Crippen LogP contribution in [0.2, 0.25) is 5.02 Å². The van der Waals surface area contributed by atoms with Gasteiger partial charge in [-0.25, -0.2) is 9.69 Å². The fourth-order valence-electron chi connectivity index (χ4n) is 3.34. The van der Waals surface area contributed by atoms with E-state index in [2.05, 4.69) is 0 Å². The Morgan fingerprint density at radius 3 is 2.26 bits per heavy atom. The van der Waals surface area contributed by atoms with Crippen LogP contribution in [0.5, 0.6) is 0 Å². The van der Waals surface area contributed by atoms with E-state index in [9.17, 15) is 19.2 Å². The number of halogens is 1. The molecule has 0 saturated carbocycles. The lowest BCUT2D eigenvalue weighted by molar-refractivity contribution is 0.0318. The smallest absolute Gasteiger partial charge is 0.338 e. The summed E-state index contributed by atoms with van der Waals surface area (Å²) in [5.74, 6) is -2.17. The number of imide groups is 1. The van der Waals surface area contributed by atoms with Crippen LogP contribution < -0.4 is 4.90 Å². The Kier molecular flexibility index (Phi) is 5.40. The topological polar surface area (TPSA) is 80.8 Å². The van der Waals surface area contributed by atoms with Crippen molar-refractivity contribution in [2.75, 3.05) is 4.90 Å². The molecule has 1 heterocycles. The van der Waals surface area contributed by atoms with Gasteiger partial charge in [-0.05, 0) is 43.3 Å². The molecule has 3 aromatic rings. The molecule has 0 spiro atoms. The van der Waals surface area contributed by atoms with Crippen molar-refractivity contribution < 1.29 is 23.9 Å². The average molecular weight is 434 g/mol. The van der Waals surface area contributed by atoms with Crippen molar-refractivity contribution in [3.63, 3.8) is 0 Å². The molecule has 6 nitrogen and oxygen atoms in total. The first-order valence-corrected chi connectivity index (χ1v) is 9.83. The number of amides is 2. The molecular weight excluding hydrogens is 418 g/mol. The Morgan fingerprint density at radius 1 is 0.839 bits per heavy atom. The van der Waals surface area contributed by atoms with Gasteiger partial charge in [0.25, 0.3) is 11.8 Å². The van der Waals surface area contributed by atoms with Crippen molar-refractivity contribution in [3.05, 3.63) is 100 Å². The van der Waals surface area contributed by atoms with Gasteiger partial charge < -0.3 is 4.74 Å². The molecule has 2 amide bonds. The van der Waals surface area contributed by atoms with E-state index in [1.807, 2.05) is 0 Å². The number of benzene rings is 3. The number of anilines is 1. The molecule has 31 heavy (non-hydrogen) atoms. The zero-order chi connectivity index (χ0) is 22.1. The third-order valence-electron chi connectivity index (χ3n) is 4.90. The number of Topliss-reactive ketones (excluding diaryl/α,β-unsaturated/α-hetero) is 1. The van der Waals surface area contributed by atoms with Gasteiger partial charge in [-0.3, -0.25) is 14.4 Å². The Balaban J connectivity index is 1.56. The van der Waals surface area contributed by atoms with Crippen LogP contribution in [0, 0.1) is 0 Å². The van der Waals surface area contributed by atoms with Gasteiger partial charge in [0, 0.05) is 10.6 Å². The number of ketones is 1. The minimum atomic E-state index is -1.01. The lowest BCUT2D eigenvalue weighted by Crippen LogP contribution is -2.29. The molecule has 0 saturated heterocycles. The zero-order valence-electron chi connectivity index (χ0n) is 16.4. The van der Waals surface area contributed by atoms with Crippen LogP contribution in [0.4, 0.5) is 5.69 Å². The van der Waals surface area contributed by atoms with Gasteiger partial charge in [0.2, 0.25) is 5.78 Å². The quantitative estimate of drug-likeness (QED) is 0.334. The van der Waals surface area contributed by atoms with E-state index in [0.717, 1.165) is 4.90 Å². The molecule has 0 unspecified atom stereocenters. The summed E-state index contributed by atoms with van der Waals surface area (Å²) in [4.78, 5) is 51.6. The van der Waals surface area contributed by atoms with Crippen LogP contribution in [0.25, 0.3) is 0 Å². The van der Waals surface area contributed by atoms with E-state index in [1.54, 1.807) is 48.5 Å². The van der Waals surface area contributed by atoms with Crippen LogP contribution in [-0.2, 0) is 4.74 Å². The highest BCUT2D eigenvalue weighted by Crippen LogP contribution is 2.30. The summed E-state index contributed by atoms with van der Waals surface area (Å²) >= 11 is 5.98. The van der Waals surface area contributed by atoms with Gasteiger partial charge >= 0.3 is 5.97 Å². The van der Waals surface area contributed by atoms with E-state index in [1.165, 1.54) is 31.2 Å². The number of esters is 1. The zero-order valence-corrected chi connectivity index (χ0v) is 17.1. The van der Waals surface area contributed by atoms with Gasteiger partial charge in [-0.1, -0.05) is 48.0 Å². The highest BCUT2D eigenvalue weighted by molar-refractivity contribution is 6.35. The van der Waals surface area contributed by atoms with E-state index >= 15 is 0 Å². The fraction of sp³-hybridized carbons (Fsp3) is 0.0833. The molecule has 4 rings (SSSR count). The van der Waals surface area contributed by atoms with Crippen molar-refractivity contribution in [2.24, 2.45) is 0 Å². The summed E-state index contributed by atoms with van der Waals surface area (Å²) in [5, 5.41) is 0.385. The largest absolute Gasteiger partial charge is 0.451 e. The first-order valence-electron chi connectivity index (χ1n) is 9.45. The third-order valence-corrected chi connectivity index (χ3v) is 5.14. The fourth-order valence-corrected chi connectivity index (χ4v) is 3.52. The second-order valence-electron chi connectivity index (χ2n) is 6.96. The first kappa shape index (κ1) is 20.5. The summed E-state index contributed by atoms with van der Waals surface area (Å²) in [6.07, 6.45) is -1.01. The number of hydrogen-bond donors (Lipinski definition) is 0. The highest BCUT2D eigenvalue weighted by Gasteiger charge is 2.37. The van der Waals surface area contributed by atoms with Gasteiger partial charge in [0.1, 0.15) is 0 Å². The maximum Gasteiger partial charge on any atom is 0.338 e. The summed E-state index contributed by atoms with van der Waals surface area (Å²) in [6, 6.07) is 19.0. The van der Waals surface area contributed by atoms with Gasteiger partial charge in [0.15, 0.2) is 6.10 Å². The Labute approximate surface area is 183 Å². The molecule has 1 aliphatic rings. The predicted molar refractivity (Wildman–Crippen MR) is 115 cm³/mol. The van der Waals surface area contributed by atoms with Crippen LogP contribution in [0.1, 0.15) is 48.4 Å². The second kappa shape index (κ2) is 8.16. The van der Waals surface area contributed by atoms with Crippen molar-refractivity contribution in [2.45, 2.75) is 13.0 Å². The number of hydrogen-bond acceptors (Lipinski definition) is 5. The standard InChI is InChI=1S/C24H16ClNO5/c1-14(21(27)15-6-3-2-4-7-15)31-24(30)16-10-11-19-20(12-16)23(29)26(22(19)28)18-9-5-8-17(25)13-18/h2-14H,1H3/t14-/m0/s1. The molecule has 7 heteroatoms. The molecule has 3 aromatic carbocycles. The molecule has 0 aliphatic carbocycles. The second-order valence-corrected chi connectivity index (χ2v) is 7.40. The number of carbonyl (C=O) groups excluding carboxylic acids is 4. The average Bonchev–Trinajstić information content (AvgIpc) is 3.03. The molecular formula is C24H16ClNO5. The van der Waals surface area contributed by atoms with Crippen molar-refractivity contribution in [1.82, 2.24) is 0 Å². The van der Waals surface area contributed by atoms with E-state index in [4.69, 9.17) is 16.3 Å². The summed E-state index contributed by atoms with van der Waals surface area (Å²) < 4.78 is 5.29. The monoisotopic (exact) mass is 433 g/mol. The van der Waals surface area contributed by atoms with Crippen molar-refractivity contribution in [3.8, 4) is 0 Å². The Hall–Kier alpha value is -3.77. The number of carbonyl (C=O) groups is 4. The van der Waals surface area contributed by atoms with E-state index in [0.29, 0.717) is 16.3 Å². The minimum Gasteiger partial charge on any atom is -0.451 e. The SMILES string of the molecule is C[C@H](OC(=O)c1ccc2c(c1)C(=O)N(c1cccc(Cl)c1)C2=O)C(=O)c1ccccc1. The van der Waals surface area contributed by atoms with E-state index < -0.39 is 23.9 Å². The van der Waals surface area contributed by atoms with Crippen LogP contribution in [0.3, 0.4) is 0 Å². The van der Waals surface area contributed by atoms with E-state index in [-0.39, 0.29) is 22.5 Å². The van der Waals surface area contributed by atoms with Crippen LogP contribution >= 0.6 is 11.6 Å². The number of nitrogens with zero attached hydrogens (tertiary/aromatic N) is 1. The molecule has 0 bridgehead atoms. The summed E-state index contributed by atoms with van der Waals surface area (Å²) in [5.41, 5.74) is 1.09. The molecule has 0 aromatic heterocycles. The van der Waals surface area contributed by atoms with Gasteiger partial charge in [-0.15, -0.1) is 0 Å². The first-order chi connectivity index (χ1) is 14.9. The molecule has 0 N–H and O–H groups in total. The van der Waals surface area contributed by atoms with Crippen molar-refractivity contribution >= 4 is 40.9 Å². The van der Waals surface area contributed by atoms with Gasteiger partial charge in [0.05, 0.1) is 22.4 Å². The molecule has 1 aliphatic heterocycles. The minimum absolute atomic E-state index is 0.0700. The van der Waals surface area contributed by atoms with Crippen molar-refractivity contribution in [1.29, 1.82) is 0 Å². The van der Waals surface area contributed by atoms with Crippen LogP contribution in [-0.4, -0.2) is 29.7 Å².